The van der Waals surface area contributed by atoms with Crippen LogP contribution in [0.5, 0.6) is 11.5 Å². The first-order valence-corrected chi connectivity index (χ1v) is 9.88. The van der Waals surface area contributed by atoms with Gasteiger partial charge in [0.05, 0.1) is 13.2 Å². The normalized spacial score (nSPS) is 15.0. The third kappa shape index (κ3) is 6.97. The summed E-state index contributed by atoms with van der Waals surface area (Å²) in [4.78, 5) is 12.0. The number of rotatable bonds is 10. The fraction of sp³-hybridized carbons (Fsp3) is 0.667. The summed E-state index contributed by atoms with van der Waals surface area (Å²) >= 11 is 0. The van der Waals surface area contributed by atoms with E-state index in [0.29, 0.717) is 26.2 Å². The highest BCUT2D eigenvalue weighted by Gasteiger charge is 2.14. The molecular weight excluding hydrogens is 314 g/mol. The molecule has 1 amide bonds. The van der Waals surface area contributed by atoms with E-state index in [1.165, 1.54) is 32.1 Å². The number of nitrogens with one attached hydrogen (secondary N) is 1. The molecule has 0 atom stereocenters. The van der Waals surface area contributed by atoms with Gasteiger partial charge in [0, 0.05) is 13.0 Å². The highest BCUT2D eigenvalue weighted by atomic mass is 16.5. The van der Waals surface area contributed by atoms with E-state index in [0.717, 1.165) is 35.8 Å². The molecule has 2 rings (SSSR count). The van der Waals surface area contributed by atoms with E-state index in [4.69, 9.17) is 9.47 Å². The lowest BCUT2D eigenvalue weighted by molar-refractivity contribution is -0.121. The van der Waals surface area contributed by atoms with Crippen LogP contribution in [0.2, 0.25) is 0 Å². The second kappa shape index (κ2) is 11.0. The Morgan fingerprint density at radius 2 is 1.80 bits per heavy atom. The van der Waals surface area contributed by atoms with Gasteiger partial charge in [-0.2, -0.15) is 0 Å². The van der Waals surface area contributed by atoms with E-state index in [1.807, 2.05) is 32.0 Å². The molecule has 4 nitrogen and oxygen atoms in total. The van der Waals surface area contributed by atoms with Crippen LogP contribution in [-0.4, -0.2) is 25.7 Å². The summed E-state index contributed by atoms with van der Waals surface area (Å²) in [6.07, 6.45) is 9.18. The Bertz CT molecular complexity index is 524. The third-order valence-electron chi connectivity index (χ3n) is 4.85. The Morgan fingerprint density at radius 1 is 1.08 bits per heavy atom. The molecule has 25 heavy (non-hydrogen) atoms. The summed E-state index contributed by atoms with van der Waals surface area (Å²) < 4.78 is 11.2. The van der Waals surface area contributed by atoms with Crippen molar-refractivity contribution in [2.75, 3.05) is 19.8 Å². The van der Waals surface area contributed by atoms with E-state index in [9.17, 15) is 4.79 Å². The van der Waals surface area contributed by atoms with Crippen molar-refractivity contribution < 1.29 is 14.3 Å². The average Bonchev–Trinajstić information content (AvgIpc) is 2.63. The summed E-state index contributed by atoms with van der Waals surface area (Å²) in [5, 5.41) is 3.05. The fourth-order valence-corrected chi connectivity index (χ4v) is 3.50. The van der Waals surface area contributed by atoms with Crippen molar-refractivity contribution in [3.8, 4) is 11.5 Å². The SMILES string of the molecule is CCOc1ccc(CCNC(=O)CCC2CCCCC2)cc1OCC. The topological polar surface area (TPSA) is 47.6 Å². The van der Waals surface area contributed by atoms with Gasteiger partial charge < -0.3 is 14.8 Å². The Balaban J connectivity index is 1.72. The van der Waals surface area contributed by atoms with Crippen LogP contribution in [0.25, 0.3) is 0 Å². The maximum Gasteiger partial charge on any atom is 0.220 e. The second-order valence-electron chi connectivity index (χ2n) is 6.79. The standard InChI is InChI=1S/C21H33NO3/c1-3-24-19-12-10-18(16-20(19)25-4-2)14-15-22-21(23)13-11-17-8-6-5-7-9-17/h10,12,16-17H,3-9,11,13-15H2,1-2H3,(H,22,23). The van der Waals surface area contributed by atoms with Crippen LogP contribution in [-0.2, 0) is 11.2 Å². The minimum absolute atomic E-state index is 0.182. The number of hydrogen-bond donors (Lipinski definition) is 1. The Kier molecular flexibility index (Phi) is 8.64. The zero-order valence-electron chi connectivity index (χ0n) is 15.8. The van der Waals surface area contributed by atoms with Crippen molar-refractivity contribution in [1.29, 1.82) is 0 Å². The van der Waals surface area contributed by atoms with Gasteiger partial charge in [-0.3, -0.25) is 4.79 Å². The van der Waals surface area contributed by atoms with E-state index >= 15 is 0 Å². The first kappa shape index (κ1) is 19.6. The number of carbonyl (C=O) groups is 1. The minimum Gasteiger partial charge on any atom is -0.490 e. The van der Waals surface area contributed by atoms with Gasteiger partial charge in [0.25, 0.3) is 0 Å². The minimum atomic E-state index is 0.182. The molecular formula is C21H33NO3. The Labute approximate surface area is 152 Å². The molecule has 1 fully saturated rings. The molecule has 0 spiro atoms. The van der Waals surface area contributed by atoms with Gasteiger partial charge in [-0.25, -0.2) is 0 Å². The number of ether oxygens (including phenoxy) is 2. The smallest absolute Gasteiger partial charge is 0.220 e. The molecule has 1 aliphatic carbocycles. The monoisotopic (exact) mass is 347 g/mol. The molecule has 140 valence electrons. The molecule has 1 aromatic carbocycles. The van der Waals surface area contributed by atoms with Crippen LogP contribution in [0, 0.1) is 5.92 Å². The predicted octanol–water partition coefficient (Wildman–Crippen LogP) is 4.50. The zero-order chi connectivity index (χ0) is 17.9. The Hall–Kier alpha value is -1.71. The van der Waals surface area contributed by atoms with E-state index in [1.54, 1.807) is 0 Å². The van der Waals surface area contributed by atoms with Crippen LogP contribution in [0.1, 0.15) is 64.4 Å². The number of hydrogen-bond acceptors (Lipinski definition) is 3. The van der Waals surface area contributed by atoms with Crippen LogP contribution in [0.3, 0.4) is 0 Å². The molecule has 0 bridgehead atoms. The number of carbonyl (C=O) groups excluding carboxylic acids is 1. The number of amides is 1. The average molecular weight is 347 g/mol. The molecule has 1 N–H and O–H groups in total. The highest BCUT2D eigenvalue weighted by molar-refractivity contribution is 5.75. The lowest BCUT2D eigenvalue weighted by Crippen LogP contribution is -2.26. The van der Waals surface area contributed by atoms with E-state index < -0.39 is 0 Å². The van der Waals surface area contributed by atoms with Crippen molar-refractivity contribution in [1.82, 2.24) is 5.32 Å². The van der Waals surface area contributed by atoms with E-state index in [2.05, 4.69) is 5.32 Å². The maximum atomic E-state index is 12.0. The summed E-state index contributed by atoms with van der Waals surface area (Å²) in [7, 11) is 0. The van der Waals surface area contributed by atoms with Crippen LogP contribution in [0.4, 0.5) is 0 Å². The molecule has 4 heteroatoms. The molecule has 1 saturated carbocycles. The Morgan fingerprint density at radius 3 is 2.52 bits per heavy atom. The molecule has 0 heterocycles. The van der Waals surface area contributed by atoms with Gasteiger partial charge in [-0.1, -0.05) is 38.2 Å². The van der Waals surface area contributed by atoms with E-state index in [-0.39, 0.29) is 5.91 Å². The van der Waals surface area contributed by atoms with Crippen molar-refractivity contribution in [3.05, 3.63) is 23.8 Å². The van der Waals surface area contributed by atoms with Gasteiger partial charge in [0.15, 0.2) is 11.5 Å². The molecule has 0 aliphatic heterocycles. The van der Waals surface area contributed by atoms with Gasteiger partial charge >= 0.3 is 0 Å². The third-order valence-corrected chi connectivity index (χ3v) is 4.85. The first-order valence-electron chi connectivity index (χ1n) is 9.88. The first-order chi connectivity index (χ1) is 12.2. The molecule has 1 aromatic rings. The van der Waals surface area contributed by atoms with Crippen LogP contribution in [0.15, 0.2) is 18.2 Å². The van der Waals surface area contributed by atoms with Gasteiger partial charge in [0.2, 0.25) is 5.91 Å². The van der Waals surface area contributed by atoms with Gasteiger partial charge in [0.1, 0.15) is 0 Å². The number of benzene rings is 1. The largest absolute Gasteiger partial charge is 0.490 e. The zero-order valence-corrected chi connectivity index (χ0v) is 15.8. The van der Waals surface area contributed by atoms with Crippen molar-refractivity contribution in [3.63, 3.8) is 0 Å². The van der Waals surface area contributed by atoms with Crippen molar-refractivity contribution in [2.45, 2.75) is 65.2 Å². The van der Waals surface area contributed by atoms with Crippen molar-refractivity contribution in [2.24, 2.45) is 5.92 Å². The van der Waals surface area contributed by atoms with Gasteiger partial charge in [-0.05, 0) is 50.3 Å². The lowest BCUT2D eigenvalue weighted by atomic mass is 9.86. The molecule has 0 unspecified atom stereocenters. The summed E-state index contributed by atoms with van der Waals surface area (Å²) in [5.74, 6) is 2.51. The molecule has 0 saturated heterocycles. The second-order valence-corrected chi connectivity index (χ2v) is 6.79. The van der Waals surface area contributed by atoms with Gasteiger partial charge in [-0.15, -0.1) is 0 Å². The summed E-state index contributed by atoms with van der Waals surface area (Å²) in [6.45, 7) is 5.84. The quantitative estimate of drug-likeness (QED) is 0.678. The van der Waals surface area contributed by atoms with Crippen LogP contribution < -0.4 is 14.8 Å². The maximum absolute atomic E-state index is 12.0. The highest BCUT2D eigenvalue weighted by Crippen LogP contribution is 2.29. The predicted molar refractivity (Wildman–Crippen MR) is 101 cm³/mol. The molecule has 0 radical (unpaired) electrons. The van der Waals surface area contributed by atoms with Crippen molar-refractivity contribution >= 4 is 5.91 Å². The summed E-state index contributed by atoms with van der Waals surface area (Å²) in [6, 6.07) is 6.01. The lowest BCUT2D eigenvalue weighted by Gasteiger charge is -2.21. The molecule has 1 aliphatic rings. The summed E-state index contributed by atoms with van der Waals surface area (Å²) in [5.41, 5.74) is 1.15. The fourth-order valence-electron chi connectivity index (χ4n) is 3.50. The van der Waals surface area contributed by atoms with Crippen LogP contribution >= 0.6 is 0 Å². The molecule has 0 aromatic heterocycles.